The van der Waals surface area contributed by atoms with Crippen molar-refractivity contribution < 1.29 is 0 Å². The highest BCUT2D eigenvalue weighted by molar-refractivity contribution is 7.26. The molecule has 3 nitrogen and oxygen atoms in total. The SMILES string of the molecule is CC(C)(C)c1ccc(N(c2ccc(C(C)(C)C)cc2)c2cc3c4c(c2)N2c5c(sc6ccccc56)C5C=CCC(B4c4ccc(C(C)(C)C)cc4N3c3cccc4sc6ccccc6c34)C52)cc1. The van der Waals surface area contributed by atoms with Gasteiger partial charge in [0.2, 0.25) is 6.71 Å². The molecular weight excluding hydrogens is 862 g/mol. The highest BCUT2D eigenvalue weighted by Gasteiger charge is 2.56. The van der Waals surface area contributed by atoms with Crippen molar-refractivity contribution in [2.45, 2.75) is 103 Å². The topological polar surface area (TPSA) is 9.72 Å². The van der Waals surface area contributed by atoms with Gasteiger partial charge in [0, 0.05) is 75.5 Å². The minimum atomic E-state index is -0.0346. The van der Waals surface area contributed by atoms with Crippen LogP contribution in [0.5, 0.6) is 0 Å². The quantitative estimate of drug-likeness (QED) is 0.129. The summed E-state index contributed by atoms with van der Waals surface area (Å²) in [6.07, 6.45) is 6.14. The molecule has 3 unspecified atom stereocenters. The Bertz CT molecular complexity index is 3480. The standard InChI is InChI=1S/C62H58BN3S2/c1-60(2,3)37-24-29-40(30-25-37)64(41-31-26-38(27-32-41)61(4,5)6)42-35-50-56-51(36-42)66-57-45(59-58(66)44-17-11-13-22-53(44)68-59)18-14-19-47(57)63(56)46-33-28-39(62(7,8)9)34-49(46)65(50)48-20-15-23-54-55(48)43-16-10-12-21-52(43)67-54/h10-18,20-36,45,47,57H,19H2,1-9H3. The van der Waals surface area contributed by atoms with Crippen LogP contribution in [-0.4, -0.2) is 12.8 Å². The van der Waals surface area contributed by atoms with Crippen molar-refractivity contribution in [3.05, 3.63) is 179 Å². The summed E-state index contributed by atoms with van der Waals surface area (Å²) in [6.45, 7) is 21.2. The van der Waals surface area contributed by atoms with E-state index in [9.17, 15) is 0 Å². The smallest absolute Gasteiger partial charge is 0.223 e. The largest absolute Gasteiger partial charge is 0.337 e. The lowest BCUT2D eigenvalue weighted by Gasteiger charge is -2.51. The number of hydrogen-bond acceptors (Lipinski definition) is 5. The third kappa shape index (κ3) is 6.22. The second-order valence-electron chi connectivity index (χ2n) is 22.9. The Morgan fingerprint density at radius 3 is 1.78 bits per heavy atom. The van der Waals surface area contributed by atoms with Gasteiger partial charge in [0.15, 0.2) is 0 Å². The van der Waals surface area contributed by atoms with E-state index < -0.39 is 0 Å². The third-order valence-electron chi connectivity index (χ3n) is 15.7. The highest BCUT2D eigenvalue weighted by Crippen LogP contribution is 2.62. The molecule has 0 saturated heterocycles. The second kappa shape index (κ2) is 14.7. The van der Waals surface area contributed by atoms with E-state index in [1.54, 1.807) is 0 Å². The van der Waals surface area contributed by atoms with Gasteiger partial charge in [0.05, 0.1) is 17.1 Å². The molecule has 0 saturated carbocycles. The van der Waals surface area contributed by atoms with Gasteiger partial charge < -0.3 is 14.7 Å². The molecule has 3 aliphatic heterocycles. The van der Waals surface area contributed by atoms with Crippen LogP contribution < -0.4 is 25.6 Å². The van der Waals surface area contributed by atoms with Crippen LogP contribution in [0.4, 0.5) is 45.5 Å². The zero-order valence-corrected chi connectivity index (χ0v) is 42.3. The fourth-order valence-corrected chi connectivity index (χ4v) is 14.7. The summed E-state index contributed by atoms with van der Waals surface area (Å²) in [5.41, 5.74) is 17.0. The fourth-order valence-electron chi connectivity index (χ4n) is 12.3. The third-order valence-corrected chi connectivity index (χ3v) is 18.1. The Hall–Kier alpha value is -6.08. The normalized spacial score (nSPS) is 18.3. The van der Waals surface area contributed by atoms with Gasteiger partial charge in [-0.1, -0.05) is 153 Å². The number of benzene rings is 7. The van der Waals surface area contributed by atoms with Gasteiger partial charge in [0.1, 0.15) is 0 Å². The van der Waals surface area contributed by atoms with E-state index in [1.165, 1.54) is 96.9 Å². The van der Waals surface area contributed by atoms with Crippen LogP contribution in [0.15, 0.2) is 158 Å². The maximum atomic E-state index is 2.85. The molecule has 6 heteroatoms. The molecule has 0 N–H and O–H groups in total. The molecule has 9 aromatic rings. The van der Waals surface area contributed by atoms with Crippen LogP contribution in [0, 0.1) is 0 Å². The van der Waals surface area contributed by atoms with Crippen LogP contribution in [0.25, 0.3) is 30.3 Å². The molecule has 1 aliphatic carbocycles. The summed E-state index contributed by atoms with van der Waals surface area (Å²) in [5, 5.41) is 4.01. The fraction of sp³-hybridized carbons (Fsp3) is 0.258. The van der Waals surface area contributed by atoms with Crippen molar-refractivity contribution in [3.63, 3.8) is 0 Å². The molecule has 13 rings (SSSR count). The number of rotatable bonds is 4. The highest BCUT2D eigenvalue weighted by atomic mass is 32.1. The summed E-state index contributed by atoms with van der Waals surface area (Å²) in [5.74, 6) is 0.722. The van der Waals surface area contributed by atoms with E-state index in [2.05, 4.69) is 235 Å². The lowest BCUT2D eigenvalue weighted by molar-refractivity contribution is 0.557. The summed E-state index contributed by atoms with van der Waals surface area (Å²) in [6, 6.07) is 57.0. The first-order chi connectivity index (χ1) is 32.6. The molecule has 0 fully saturated rings. The number of allylic oxidation sites excluding steroid dienone is 1. The molecule has 5 heterocycles. The van der Waals surface area contributed by atoms with E-state index in [1.807, 2.05) is 22.7 Å². The first-order valence-electron chi connectivity index (χ1n) is 24.6. The molecule has 4 aliphatic rings. The molecule has 3 atom stereocenters. The van der Waals surface area contributed by atoms with Crippen LogP contribution >= 0.6 is 22.7 Å². The molecule has 0 bridgehead atoms. The lowest BCUT2D eigenvalue weighted by atomic mass is 9.28. The predicted molar refractivity (Wildman–Crippen MR) is 298 cm³/mol. The van der Waals surface area contributed by atoms with E-state index >= 15 is 0 Å². The van der Waals surface area contributed by atoms with Crippen LogP contribution in [0.2, 0.25) is 5.82 Å². The number of anilines is 8. The summed E-state index contributed by atoms with van der Waals surface area (Å²) in [4.78, 5) is 9.60. The average Bonchev–Trinajstić information content (AvgIpc) is 3.99. The number of fused-ring (bicyclic) bond motifs is 12. The predicted octanol–water partition coefficient (Wildman–Crippen LogP) is 17.0. The Morgan fingerprint density at radius 1 is 0.529 bits per heavy atom. The van der Waals surface area contributed by atoms with E-state index in [0.717, 1.165) is 17.8 Å². The molecule has 2 aromatic heterocycles. The molecular formula is C62H58BN3S2. The van der Waals surface area contributed by atoms with Crippen molar-refractivity contribution >= 4 is 116 Å². The minimum absolute atomic E-state index is 0.0346. The minimum Gasteiger partial charge on any atom is -0.337 e. The number of nitrogens with zero attached hydrogens (tertiary/aromatic N) is 3. The first-order valence-corrected chi connectivity index (χ1v) is 26.3. The van der Waals surface area contributed by atoms with Gasteiger partial charge in [-0.05, 0) is 123 Å². The lowest BCUT2D eigenvalue weighted by Crippen LogP contribution is -2.62. The van der Waals surface area contributed by atoms with Crippen molar-refractivity contribution in [1.82, 2.24) is 0 Å². The molecule has 336 valence electrons. The summed E-state index contributed by atoms with van der Waals surface area (Å²) in [7, 11) is 0. The maximum absolute atomic E-state index is 2.85. The van der Waals surface area contributed by atoms with Crippen LogP contribution in [0.3, 0.4) is 0 Å². The van der Waals surface area contributed by atoms with Crippen LogP contribution in [-0.2, 0) is 16.2 Å². The number of thiophene rings is 2. The van der Waals surface area contributed by atoms with E-state index in [4.69, 9.17) is 0 Å². The average molecular weight is 920 g/mol. The summed E-state index contributed by atoms with van der Waals surface area (Å²) < 4.78 is 4.01. The van der Waals surface area contributed by atoms with Gasteiger partial charge in [0.25, 0.3) is 0 Å². The molecule has 7 aromatic carbocycles. The first kappa shape index (κ1) is 42.1. The van der Waals surface area contributed by atoms with E-state index in [-0.39, 0.29) is 23.0 Å². The monoisotopic (exact) mass is 919 g/mol. The van der Waals surface area contributed by atoms with Crippen molar-refractivity contribution in [3.8, 4) is 0 Å². The molecule has 0 amide bonds. The second-order valence-corrected chi connectivity index (χ2v) is 25.1. The Kier molecular flexibility index (Phi) is 9.10. The van der Waals surface area contributed by atoms with Gasteiger partial charge in [-0.2, -0.15) is 0 Å². The molecule has 68 heavy (non-hydrogen) atoms. The summed E-state index contributed by atoms with van der Waals surface area (Å²) >= 11 is 3.92. The van der Waals surface area contributed by atoms with Gasteiger partial charge >= 0.3 is 0 Å². The Labute approximate surface area is 410 Å². The maximum Gasteiger partial charge on any atom is 0.223 e. The zero-order chi connectivity index (χ0) is 46.6. The molecule has 0 radical (unpaired) electrons. The van der Waals surface area contributed by atoms with Crippen LogP contribution in [0.1, 0.15) is 96.2 Å². The van der Waals surface area contributed by atoms with E-state index in [0.29, 0.717) is 17.8 Å². The Morgan fingerprint density at radius 2 is 1.12 bits per heavy atom. The Balaban J connectivity index is 1.16. The van der Waals surface area contributed by atoms with Gasteiger partial charge in [-0.15, -0.1) is 22.7 Å². The van der Waals surface area contributed by atoms with Crippen molar-refractivity contribution in [1.29, 1.82) is 0 Å². The molecule has 0 spiro atoms. The van der Waals surface area contributed by atoms with Crippen molar-refractivity contribution in [2.75, 3.05) is 14.7 Å². The van der Waals surface area contributed by atoms with Gasteiger partial charge in [-0.25, -0.2) is 0 Å². The number of hydrogen-bond donors (Lipinski definition) is 0. The van der Waals surface area contributed by atoms with Crippen molar-refractivity contribution in [2.24, 2.45) is 0 Å². The zero-order valence-electron chi connectivity index (χ0n) is 40.7. The van der Waals surface area contributed by atoms with Gasteiger partial charge in [-0.3, -0.25) is 0 Å².